The van der Waals surface area contributed by atoms with Gasteiger partial charge in [-0.2, -0.15) is 0 Å². The molecule has 0 bridgehead atoms. The van der Waals surface area contributed by atoms with Gasteiger partial charge in [0, 0.05) is 29.7 Å². The van der Waals surface area contributed by atoms with Crippen molar-refractivity contribution < 1.29 is 19.1 Å². The average molecular weight is 367 g/mol. The van der Waals surface area contributed by atoms with Gasteiger partial charge in [-0.1, -0.05) is 18.2 Å². The Morgan fingerprint density at radius 1 is 1.04 bits per heavy atom. The van der Waals surface area contributed by atoms with Gasteiger partial charge in [0.2, 0.25) is 0 Å². The van der Waals surface area contributed by atoms with Crippen LogP contribution in [0.2, 0.25) is 0 Å². The van der Waals surface area contributed by atoms with Crippen molar-refractivity contribution in [3.63, 3.8) is 0 Å². The largest absolute Gasteiger partial charge is 0.497 e. The number of anilines is 1. The predicted molar refractivity (Wildman–Crippen MR) is 103 cm³/mol. The first-order chi connectivity index (χ1) is 13.1. The van der Waals surface area contributed by atoms with Gasteiger partial charge in [-0.3, -0.25) is 9.59 Å². The highest BCUT2D eigenvalue weighted by Crippen LogP contribution is 2.28. The maximum atomic E-state index is 12.2. The van der Waals surface area contributed by atoms with Crippen LogP contribution in [0.1, 0.15) is 5.56 Å². The summed E-state index contributed by atoms with van der Waals surface area (Å²) in [6.45, 7) is 0.351. The maximum Gasteiger partial charge on any atom is 0.313 e. The Labute approximate surface area is 156 Å². The highest BCUT2D eigenvalue weighted by Gasteiger charge is 2.16. The molecular formula is C20H21N3O4. The van der Waals surface area contributed by atoms with Gasteiger partial charge in [0.05, 0.1) is 19.9 Å². The molecule has 0 radical (unpaired) electrons. The number of hydrogen-bond acceptors (Lipinski definition) is 4. The molecule has 2 aromatic carbocycles. The number of benzene rings is 2. The van der Waals surface area contributed by atoms with Gasteiger partial charge >= 0.3 is 11.8 Å². The summed E-state index contributed by atoms with van der Waals surface area (Å²) in [4.78, 5) is 27.4. The first kappa shape index (κ1) is 18.3. The Hall–Kier alpha value is -3.48. The number of aromatic amines is 1. The van der Waals surface area contributed by atoms with E-state index in [1.807, 2.05) is 30.5 Å². The van der Waals surface area contributed by atoms with Gasteiger partial charge in [0.15, 0.2) is 0 Å². The Morgan fingerprint density at radius 2 is 1.85 bits per heavy atom. The van der Waals surface area contributed by atoms with E-state index < -0.39 is 11.8 Å². The lowest BCUT2D eigenvalue weighted by molar-refractivity contribution is -0.136. The zero-order valence-electron chi connectivity index (χ0n) is 15.2. The number of ether oxygens (including phenoxy) is 2. The summed E-state index contributed by atoms with van der Waals surface area (Å²) in [6.07, 6.45) is 2.53. The molecule has 0 saturated carbocycles. The van der Waals surface area contributed by atoms with E-state index in [1.165, 1.54) is 14.2 Å². The van der Waals surface area contributed by atoms with E-state index in [-0.39, 0.29) is 0 Å². The van der Waals surface area contributed by atoms with E-state index in [0.717, 1.165) is 16.5 Å². The number of methoxy groups -OCH3 is 2. The van der Waals surface area contributed by atoms with Crippen LogP contribution in [-0.4, -0.2) is 37.6 Å². The van der Waals surface area contributed by atoms with Crippen LogP contribution in [0.25, 0.3) is 10.9 Å². The molecule has 3 rings (SSSR count). The van der Waals surface area contributed by atoms with Crippen LogP contribution in [0.4, 0.5) is 5.69 Å². The molecule has 3 aromatic rings. The number of nitrogens with one attached hydrogen (secondary N) is 3. The van der Waals surface area contributed by atoms with Crippen LogP contribution >= 0.6 is 0 Å². The number of H-pyrrole nitrogens is 1. The summed E-state index contributed by atoms with van der Waals surface area (Å²) in [5, 5.41) is 6.29. The quantitative estimate of drug-likeness (QED) is 0.584. The van der Waals surface area contributed by atoms with Gasteiger partial charge in [-0.05, 0) is 30.2 Å². The van der Waals surface area contributed by atoms with Crippen molar-refractivity contribution >= 4 is 28.4 Å². The minimum atomic E-state index is -0.763. The fraction of sp³-hybridized carbons (Fsp3) is 0.200. The Kier molecular flexibility index (Phi) is 5.61. The number of rotatable bonds is 6. The molecule has 0 aliphatic carbocycles. The van der Waals surface area contributed by atoms with Crippen molar-refractivity contribution in [3.8, 4) is 11.5 Å². The number of amides is 2. The molecule has 1 heterocycles. The summed E-state index contributed by atoms with van der Waals surface area (Å²) in [5.74, 6) is -0.484. The molecule has 3 N–H and O–H groups in total. The Morgan fingerprint density at radius 3 is 2.63 bits per heavy atom. The molecule has 0 saturated heterocycles. The molecule has 0 spiro atoms. The minimum Gasteiger partial charge on any atom is -0.497 e. The second-order valence-electron chi connectivity index (χ2n) is 5.89. The topological polar surface area (TPSA) is 92.4 Å². The lowest BCUT2D eigenvalue weighted by Gasteiger charge is -2.11. The summed E-state index contributed by atoms with van der Waals surface area (Å²) >= 11 is 0. The van der Waals surface area contributed by atoms with E-state index in [1.54, 1.807) is 18.2 Å². The molecule has 140 valence electrons. The van der Waals surface area contributed by atoms with Gasteiger partial charge in [-0.25, -0.2) is 0 Å². The normalized spacial score (nSPS) is 10.4. The highest BCUT2D eigenvalue weighted by molar-refractivity contribution is 6.39. The number of para-hydroxylation sites is 1. The van der Waals surface area contributed by atoms with E-state index in [9.17, 15) is 9.59 Å². The predicted octanol–water partition coefficient (Wildman–Crippen LogP) is 2.48. The van der Waals surface area contributed by atoms with E-state index in [0.29, 0.717) is 30.2 Å². The number of hydrogen-bond donors (Lipinski definition) is 3. The molecule has 0 aliphatic rings. The summed E-state index contributed by atoms with van der Waals surface area (Å²) in [6, 6.07) is 12.9. The molecule has 0 aliphatic heterocycles. The van der Waals surface area contributed by atoms with Crippen LogP contribution < -0.4 is 20.1 Å². The Bertz CT molecular complexity index is 965. The summed E-state index contributed by atoms with van der Waals surface area (Å²) < 4.78 is 10.3. The van der Waals surface area contributed by atoms with Crippen molar-refractivity contribution in [3.05, 3.63) is 54.2 Å². The molecule has 0 atom stereocenters. The highest BCUT2D eigenvalue weighted by atomic mass is 16.5. The molecular weight excluding hydrogens is 346 g/mol. The van der Waals surface area contributed by atoms with E-state index >= 15 is 0 Å². The van der Waals surface area contributed by atoms with Crippen molar-refractivity contribution in [1.29, 1.82) is 0 Å². The average Bonchev–Trinajstić information content (AvgIpc) is 3.11. The van der Waals surface area contributed by atoms with Gasteiger partial charge in [-0.15, -0.1) is 0 Å². The first-order valence-electron chi connectivity index (χ1n) is 8.48. The number of fused-ring (bicyclic) bond motifs is 1. The second kappa shape index (κ2) is 8.27. The van der Waals surface area contributed by atoms with E-state index in [4.69, 9.17) is 9.47 Å². The molecule has 1 aromatic heterocycles. The fourth-order valence-electron chi connectivity index (χ4n) is 2.82. The zero-order valence-corrected chi connectivity index (χ0v) is 15.2. The lowest BCUT2D eigenvalue weighted by Crippen LogP contribution is -2.36. The minimum absolute atomic E-state index is 0.351. The number of carbonyl (C=O) groups excluding carboxylic acids is 2. The second-order valence-corrected chi connectivity index (χ2v) is 5.89. The molecule has 2 amide bonds. The smallest absolute Gasteiger partial charge is 0.313 e. The molecule has 7 heteroatoms. The molecule has 0 unspecified atom stereocenters. The lowest BCUT2D eigenvalue weighted by atomic mass is 10.1. The first-order valence-corrected chi connectivity index (χ1v) is 8.48. The van der Waals surface area contributed by atoms with Crippen molar-refractivity contribution in [2.75, 3.05) is 26.1 Å². The SMILES string of the molecule is COc1ccc(OC)c(NC(=O)C(=O)NCCc2c[nH]c3ccccc23)c1. The van der Waals surface area contributed by atoms with Crippen LogP contribution in [-0.2, 0) is 16.0 Å². The maximum absolute atomic E-state index is 12.2. The summed E-state index contributed by atoms with van der Waals surface area (Å²) in [5.41, 5.74) is 2.50. The van der Waals surface area contributed by atoms with Crippen molar-refractivity contribution in [2.24, 2.45) is 0 Å². The van der Waals surface area contributed by atoms with Gasteiger partial charge in [0.1, 0.15) is 11.5 Å². The third-order valence-corrected chi connectivity index (χ3v) is 4.22. The third-order valence-electron chi connectivity index (χ3n) is 4.22. The van der Waals surface area contributed by atoms with Crippen molar-refractivity contribution in [1.82, 2.24) is 10.3 Å². The fourth-order valence-corrected chi connectivity index (χ4v) is 2.82. The molecule has 27 heavy (non-hydrogen) atoms. The van der Waals surface area contributed by atoms with Crippen LogP contribution in [0.5, 0.6) is 11.5 Å². The molecule has 7 nitrogen and oxygen atoms in total. The van der Waals surface area contributed by atoms with Gasteiger partial charge < -0.3 is 25.1 Å². The standard InChI is InChI=1S/C20H21N3O4/c1-26-14-7-8-18(27-2)17(11-14)23-20(25)19(24)21-10-9-13-12-22-16-6-4-3-5-15(13)16/h3-8,11-12,22H,9-10H2,1-2H3,(H,21,24)(H,23,25). The number of aromatic nitrogens is 1. The van der Waals surface area contributed by atoms with Gasteiger partial charge in [0.25, 0.3) is 0 Å². The number of carbonyl (C=O) groups is 2. The summed E-state index contributed by atoms with van der Waals surface area (Å²) in [7, 11) is 3.00. The van der Waals surface area contributed by atoms with Crippen LogP contribution in [0, 0.1) is 0 Å². The van der Waals surface area contributed by atoms with Crippen LogP contribution in [0.15, 0.2) is 48.7 Å². The molecule has 0 fully saturated rings. The zero-order chi connectivity index (χ0) is 19.2. The van der Waals surface area contributed by atoms with Crippen molar-refractivity contribution in [2.45, 2.75) is 6.42 Å². The van der Waals surface area contributed by atoms with Crippen LogP contribution in [0.3, 0.4) is 0 Å². The monoisotopic (exact) mass is 367 g/mol. The third kappa shape index (κ3) is 4.20. The van der Waals surface area contributed by atoms with E-state index in [2.05, 4.69) is 15.6 Å². The Balaban J connectivity index is 1.57.